The van der Waals surface area contributed by atoms with Gasteiger partial charge >= 0.3 is 0 Å². The van der Waals surface area contributed by atoms with Crippen molar-refractivity contribution in [1.82, 2.24) is 0 Å². The van der Waals surface area contributed by atoms with Gasteiger partial charge in [0.25, 0.3) is 0 Å². The molecule has 0 aromatic carbocycles. The highest BCUT2D eigenvalue weighted by molar-refractivity contribution is 4.59. The Morgan fingerprint density at radius 3 is 2.00 bits per heavy atom. The Labute approximate surface area is 68.2 Å². The van der Waals surface area contributed by atoms with E-state index in [1.165, 1.54) is 0 Å². The first-order chi connectivity index (χ1) is 5.22. The Bertz CT molecular complexity index is 56.4. The van der Waals surface area contributed by atoms with Crippen LogP contribution in [-0.2, 0) is 0 Å². The van der Waals surface area contributed by atoms with Crippen LogP contribution in [0.1, 0.15) is 19.8 Å². The minimum absolute atomic E-state index is 0.0880. The van der Waals surface area contributed by atoms with E-state index in [0.29, 0.717) is 13.0 Å². The van der Waals surface area contributed by atoms with Gasteiger partial charge in [-0.2, -0.15) is 0 Å². The molecule has 0 saturated carbocycles. The number of hydrogen-bond acceptors (Lipinski definition) is 4. The van der Waals surface area contributed by atoms with Crippen LogP contribution < -0.4 is 11.5 Å². The summed E-state index contributed by atoms with van der Waals surface area (Å²) < 4.78 is 0. The maximum atomic E-state index is 8.34. The Morgan fingerprint density at radius 1 is 1.27 bits per heavy atom. The van der Waals surface area contributed by atoms with E-state index in [-0.39, 0.29) is 19.3 Å². The van der Waals surface area contributed by atoms with Gasteiger partial charge in [-0.05, 0) is 26.3 Å². The number of hydrogen-bond donors (Lipinski definition) is 4. The van der Waals surface area contributed by atoms with E-state index in [4.69, 9.17) is 21.7 Å². The lowest BCUT2D eigenvalue weighted by Crippen LogP contribution is -2.24. The van der Waals surface area contributed by atoms with Gasteiger partial charge in [0.1, 0.15) is 0 Å². The van der Waals surface area contributed by atoms with Crippen molar-refractivity contribution in [3.05, 3.63) is 0 Å². The SMILES string of the molecule is CCO.NCCC(N)CCO. The van der Waals surface area contributed by atoms with Crippen molar-refractivity contribution >= 4 is 0 Å². The van der Waals surface area contributed by atoms with E-state index in [1.54, 1.807) is 6.92 Å². The first kappa shape index (κ1) is 13.4. The van der Waals surface area contributed by atoms with Crippen LogP contribution in [0.2, 0.25) is 0 Å². The van der Waals surface area contributed by atoms with Crippen molar-refractivity contribution < 1.29 is 10.2 Å². The molecule has 0 aliphatic rings. The van der Waals surface area contributed by atoms with Gasteiger partial charge in [-0.3, -0.25) is 0 Å². The summed E-state index contributed by atoms with van der Waals surface area (Å²) in [6.07, 6.45) is 1.47. The number of aliphatic hydroxyl groups is 2. The molecule has 0 aliphatic carbocycles. The average Bonchev–Trinajstić information content (AvgIpc) is 1.90. The van der Waals surface area contributed by atoms with Gasteiger partial charge in [0.2, 0.25) is 0 Å². The maximum Gasteiger partial charge on any atom is 0.0445 e. The van der Waals surface area contributed by atoms with Gasteiger partial charge in [0.05, 0.1) is 0 Å². The third-order valence-corrected chi connectivity index (χ3v) is 1.04. The van der Waals surface area contributed by atoms with Crippen molar-refractivity contribution in [3.8, 4) is 0 Å². The van der Waals surface area contributed by atoms with E-state index in [1.807, 2.05) is 0 Å². The molecule has 1 unspecified atom stereocenters. The minimum atomic E-state index is 0.0880. The molecule has 4 nitrogen and oxygen atoms in total. The first-order valence-electron chi connectivity index (χ1n) is 3.90. The molecule has 0 saturated heterocycles. The second-order valence-corrected chi connectivity index (χ2v) is 2.17. The topological polar surface area (TPSA) is 92.5 Å². The van der Waals surface area contributed by atoms with E-state index >= 15 is 0 Å². The smallest absolute Gasteiger partial charge is 0.0445 e. The summed E-state index contributed by atoms with van der Waals surface area (Å²) in [5, 5.41) is 15.9. The Kier molecular flexibility index (Phi) is 15.3. The lowest BCUT2D eigenvalue weighted by atomic mass is 10.2. The molecule has 70 valence electrons. The zero-order valence-corrected chi connectivity index (χ0v) is 7.16. The van der Waals surface area contributed by atoms with Crippen LogP contribution in [0.5, 0.6) is 0 Å². The summed E-state index contributed by atoms with van der Waals surface area (Å²) in [4.78, 5) is 0. The standard InChI is InChI=1S/C5H14N2O.C2H6O/c6-3-1-5(7)2-4-8;1-2-3/h5,8H,1-4,6-7H2;3H,2H2,1H3. The molecule has 0 heterocycles. The van der Waals surface area contributed by atoms with Gasteiger partial charge in [-0.15, -0.1) is 0 Å². The van der Waals surface area contributed by atoms with Gasteiger partial charge in [-0.1, -0.05) is 0 Å². The summed E-state index contributed by atoms with van der Waals surface area (Å²) >= 11 is 0. The van der Waals surface area contributed by atoms with E-state index < -0.39 is 0 Å². The molecule has 0 fully saturated rings. The van der Waals surface area contributed by atoms with E-state index in [2.05, 4.69) is 0 Å². The molecule has 11 heavy (non-hydrogen) atoms. The summed E-state index contributed by atoms with van der Waals surface area (Å²) in [5.74, 6) is 0. The number of nitrogens with two attached hydrogens (primary N) is 2. The highest BCUT2D eigenvalue weighted by Crippen LogP contribution is 1.89. The predicted molar refractivity (Wildman–Crippen MR) is 46.1 cm³/mol. The highest BCUT2D eigenvalue weighted by atomic mass is 16.3. The molecule has 0 aromatic heterocycles. The lowest BCUT2D eigenvalue weighted by molar-refractivity contribution is 0.273. The fourth-order valence-electron chi connectivity index (χ4n) is 0.524. The molecule has 0 spiro atoms. The van der Waals surface area contributed by atoms with Crippen molar-refractivity contribution in [2.75, 3.05) is 19.8 Å². The number of aliphatic hydroxyl groups excluding tert-OH is 2. The second kappa shape index (κ2) is 12.5. The van der Waals surface area contributed by atoms with Crippen molar-refractivity contribution in [2.45, 2.75) is 25.8 Å². The van der Waals surface area contributed by atoms with Crippen LogP contribution in [-0.4, -0.2) is 36.0 Å². The summed E-state index contributed by atoms with van der Waals surface area (Å²) in [7, 11) is 0. The summed E-state index contributed by atoms with van der Waals surface area (Å²) in [5.41, 5.74) is 10.7. The fourth-order valence-corrected chi connectivity index (χ4v) is 0.524. The Hall–Kier alpha value is -0.160. The quantitative estimate of drug-likeness (QED) is 0.431. The first-order valence-corrected chi connectivity index (χ1v) is 3.90. The van der Waals surface area contributed by atoms with Crippen molar-refractivity contribution in [3.63, 3.8) is 0 Å². The van der Waals surface area contributed by atoms with Gasteiger partial charge < -0.3 is 21.7 Å². The zero-order chi connectivity index (χ0) is 9.11. The molecule has 0 bridgehead atoms. The Morgan fingerprint density at radius 2 is 1.73 bits per heavy atom. The molecule has 0 amide bonds. The molecular weight excluding hydrogens is 144 g/mol. The predicted octanol–water partition coefficient (Wildman–Crippen LogP) is -0.956. The van der Waals surface area contributed by atoms with Gasteiger partial charge in [-0.25, -0.2) is 0 Å². The molecule has 0 aliphatic heterocycles. The molecule has 0 radical (unpaired) electrons. The third kappa shape index (κ3) is 17.7. The third-order valence-electron chi connectivity index (χ3n) is 1.04. The van der Waals surface area contributed by atoms with Crippen LogP contribution in [0.15, 0.2) is 0 Å². The highest BCUT2D eigenvalue weighted by Gasteiger charge is 1.96. The van der Waals surface area contributed by atoms with Crippen LogP contribution in [0.4, 0.5) is 0 Å². The largest absolute Gasteiger partial charge is 0.397 e. The van der Waals surface area contributed by atoms with Gasteiger partial charge in [0, 0.05) is 19.3 Å². The average molecular weight is 164 g/mol. The summed E-state index contributed by atoms with van der Waals surface area (Å²) in [6.45, 7) is 2.71. The maximum absolute atomic E-state index is 8.34. The lowest BCUT2D eigenvalue weighted by Gasteiger charge is -2.05. The molecule has 1 atom stereocenters. The van der Waals surface area contributed by atoms with Crippen molar-refractivity contribution in [2.24, 2.45) is 11.5 Å². The fraction of sp³-hybridized carbons (Fsp3) is 1.00. The molecular formula is C7H20N2O2. The van der Waals surface area contributed by atoms with Crippen LogP contribution in [0, 0.1) is 0 Å². The van der Waals surface area contributed by atoms with Crippen LogP contribution >= 0.6 is 0 Å². The van der Waals surface area contributed by atoms with Crippen LogP contribution in [0.3, 0.4) is 0 Å². The van der Waals surface area contributed by atoms with E-state index in [9.17, 15) is 0 Å². The monoisotopic (exact) mass is 164 g/mol. The van der Waals surface area contributed by atoms with Crippen molar-refractivity contribution in [1.29, 1.82) is 0 Å². The summed E-state index contributed by atoms with van der Waals surface area (Å²) in [6, 6.07) is 0.0880. The second-order valence-electron chi connectivity index (χ2n) is 2.17. The molecule has 4 heteroatoms. The normalized spacial score (nSPS) is 11.7. The van der Waals surface area contributed by atoms with Crippen LogP contribution in [0.25, 0.3) is 0 Å². The zero-order valence-electron chi connectivity index (χ0n) is 7.16. The molecule has 0 aromatic rings. The molecule has 0 rings (SSSR count). The Balaban J connectivity index is 0. The minimum Gasteiger partial charge on any atom is -0.397 e. The molecule has 6 N–H and O–H groups in total. The number of rotatable bonds is 4. The van der Waals surface area contributed by atoms with E-state index in [0.717, 1.165) is 6.42 Å². The van der Waals surface area contributed by atoms with Gasteiger partial charge in [0.15, 0.2) is 0 Å².